The van der Waals surface area contributed by atoms with E-state index in [0.717, 1.165) is 11.3 Å². The molecule has 0 radical (unpaired) electrons. The molecular formula is C21H16FN5O2. The van der Waals surface area contributed by atoms with Crippen molar-refractivity contribution in [3.8, 4) is 22.8 Å². The van der Waals surface area contributed by atoms with E-state index in [1.54, 1.807) is 17.0 Å². The van der Waals surface area contributed by atoms with Crippen LogP contribution in [0.15, 0.2) is 65.2 Å². The molecule has 1 saturated heterocycles. The van der Waals surface area contributed by atoms with Gasteiger partial charge in [-0.1, -0.05) is 41.6 Å². The predicted octanol–water partition coefficient (Wildman–Crippen LogP) is 3.79. The minimum absolute atomic E-state index is 0.0974. The van der Waals surface area contributed by atoms with Crippen LogP contribution in [0.4, 0.5) is 10.1 Å². The highest BCUT2D eigenvalue weighted by Gasteiger charge is 2.35. The van der Waals surface area contributed by atoms with Crippen LogP contribution in [0.5, 0.6) is 0 Å². The zero-order valence-electron chi connectivity index (χ0n) is 15.2. The molecule has 7 nitrogen and oxygen atoms in total. The molecule has 1 unspecified atom stereocenters. The summed E-state index contributed by atoms with van der Waals surface area (Å²) >= 11 is 0. The Hall–Kier alpha value is -3.81. The van der Waals surface area contributed by atoms with Gasteiger partial charge in [0, 0.05) is 30.1 Å². The van der Waals surface area contributed by atoms with E-state index in [1.165, 1.54) is 12.1 Å². The SMILES string of the molecule is O=C1CC(c2noc(-c3cc(-c4ccccc4)n[nH]3)n2)CN1c1cccc(F)c1. The van der Waals surface area contributed by atoms with Crippen LogP contribution in [0.25, 0.3) is 22.8 Å². The maximum atomic E-state index is 13.5. The standard InChI is InChI=1S/C21H16FN5O2/c22-15-7-4-8-16(10-15)27-12-14(9-19(27)28)20-23-21(29-26-20)18-11-17(24-25-18)13-5-2-1-3-6-13/h1-8,10-11,14H,9,12H2,(H,24,25). The van der Waals surface area contributed by atoms with Gasteiger partial charge in [0.1, 0.15) is 11.5 Å². The number of rotatable bonds is 4. The molecule has 1 aliphatic rings. The molecule has 1 amide bonds. The Balaban J connectivity index is 1.36. The molecule has 144 valence electrons. The third kappa shape index (κ3) is 3.29. The van der Waals surface area contributed by atoms with Gasteiger partial charge < -0.3 is 9.42 Å². The largest absolute Gasteiger partial charge is 0.332 e. The molecule has 0 spiro atoms. The minimum Gasteiger partial charge on any atom is -0.332 e. The number of nitrogens with one attached hydrogen (secondary N) is 1. The Morgan fingerprint density at radius 2 is 1.97 bits per heavy atom. The van der Waals surface area contributed by atoms with Crippen molar-refractivity contribution in [3.05, 3.63) is 72.3 Å². The van der Waals surface area contributed by atoms with Crippen molar-refractivity contribution in [2.45, 2.75) is 12.3 Å². The van der Waals surface area contributed by atoms with Crippen molar-refractivity contribution >= 4 is 11.6 Å². The summed E-state index contributed by atoms with van der Waals surface area (Å²) in [4.78, 5) is 18.4. The van der Waals surface area contributed by atoms with Gasteiger partial charge >= 0.3 is 0 Å². The molecule has 1 atom stereocenters. The van der Waals surface area contributed by atoms with Gasteiger partial charge in [-0.15, -0.1) is 0 Å². The lowest BCUT2D eigenvalue weighted by atomic mass is 10.1. The van der Waals surface area contributed by atoms with Gasteiger partial charge in [-0.3, -0.25) is 9.89 Å². The van der Waals surface area contributed by atoms with Gasteiger partial charge in [0.25, 0.3) is 5.89 Å². The fourth-order valence-corrected chi connectivity index (χ4v) is 3.47. The molecule has 2 aromatic heterocycles. The van der Waals surface area contributed by atoms with E-state index < -0.39 is 0 Å². The van der Waals surface area contributed by atoms with Gasteiger partial charge in [0.15, 0.2) is 5.82 Å². The number of H-pyrrole nitrogens is 1. The van der Waals surface area contributed by atoms with E-state index in [2.05, 4.69) is 20.3 Å². The summed E-state index contributed by atoms with van der Waals surface area (Å²) in [5.41, 5.74) is 2.88. The van der Waals surface area contributed by atoms with Crippen molar-refractivity contribution < 1.29 is 13.7 Å². The first-order valence-electron chi connectivity index (χ1n) is 9.18. The quantitative estimate of drug-likeness (QED) is 0.574. The van der Waals surface area contributed by atoms with E-state index in [1.807, 2.05) is 36.4 Å². The van der Waals surface area contributed by atoms with Crippen molar-refractivity contribution in [1.29, 1.82) is 0 Å². The first-order valence-corrected chi connectivity index (χ1v) is 9.18. The third-order valence-corrected chi connectivity index (χ3v) is 4.93. The number of amides is 1. The van der Waals surface area contributed by atoms with Crippen LogP contribution in [0.2, 0.25) is 0 Å². The van der Waals surface area contributed by atoms with Crippen molar-refractivity contribution in [3.63, 3.8) is 0 Å². The van der Waals surface area contributed by atoms with Gasteiger partial charge in [-0.2, -0.15) is 10.1 Å². The summed E-state index contributed by atoms with van der Waals surface area (Å²) in [6, 6.07) is 17.6. The van der Waals surface area contributed by atoms with Crippen LogP contribution in [0, 0.1) is 5.82 Å². The molecular weight excluding hydrogens is 373 g/mol. The van der Waals surface area contributed by atoms with E-state index >= 15 is 0 Å². The number of halogens is 1. The Morgan fingerprint density at radius 1 is 1.10 bits per heavy atom. The highest BCUT2D eigenvalue weighted by atomic mass is 19.1. The monoisotopic (exact) mass is 389 g/mol. The van der Waals surface area contributed by atoms with Gasteiger partial charge in [-0.25, -0.2) is 4.39 Å². The third-order valence-electron chi connectivity index (χ3n) is 4.93. The van der Waals surface area contributed by atoms with Gasteiger partial charge in [-0.05, 0) is 24.3 Å². The average Bonchev–Trinajstić information content (AvgIpc) is 3.48. The second kappa shape index (κ2) is 6.97. The lowest BCUT2D eigenvalue weighted by molar-refractivity contribution is -0.117. The molecule has 4 aromatic rings. The summed E-state index contributed by atoms with van der Waals surface area (Å²) in [6.45, 7) is 0.375. The van der Waals surface area contributed by atoms with Crippen molar-refractivity contribution in [2.24, 2.45) is 0 Å². The number of nitrogens with zero attached hydrogens (tertiary/aromatic N) is 4. The highest BCUT2D eigenvalue weighted by Crippen LogP contribution is 2.32. The maximum Gasteiger partial charge on any atom is 0.275 e. The molecule has 1 fully saturated rings. The summed E-state index contributed by atoms with van der Waals surface area (Å²) in [5.74, 6) is 0.0585. The molecule has 29 heavy (non-hydrogen) atoms. The van der Waals surface area contributed by atoms with Crippen LogP contribution in [-0.4, -0.2) is 32.8 Å². The average molecular weight is 389 g/mol. The number of hydrogen-bond acceptors (Lipinski definition) is 5. The van der Waals surface area contributed by atoms with Crippen molar-refractivity contribution in [1.82, 2.24) is 20.3 Å². The summed E-state index contributed by atoms with van der Waals surface area (Å²) < 4.78 is 18.9. The van der Waals surface area contributed by atoms with E-state index in [9.17, 15) is 9.18 Å². The molecule has 5 rings (SSSR count). The van der Waals surface area contributed by atoms with Crippen LogP contribution in [-0.2, 0) is 4.79 Å². The maximum absolute atomic E-state index is 13.5. The summed E-state index contributed by atoms with van der Waals surface area (Å²) in [5, 5.41) is 11.2. The van der Waals surface area contributed by atoms with Crippen LogP contribution >= 0.6 is 0 Å². The molecule has 1 N–H and O–H groups in total. The van der Waals surface area contributed by atoms with E-state index in [-0.39, 0.29) is 24.1 Å². The zero-order valence-corrected chi connectivity index (χ0v) is 15.2. The van der Waals surface area contributed by atoms with Gasteiger partial charge in [0.2, 0.25) is 5.91 Å². The second-order valence-corrected chi connectivity index (χ2v) is 6.88. The van der Waals surface area contributed by atoms with Gasteiger partial charge in [0.05, 0.1) is 5.69 Å². The fraction of sp³-hybridized carbons (Fsp3) is 0.143. The topological polar surface area (TPSA) is 87.9 Å². The molecule has 3 heterocycles. The molecule has 0 bridgehead atoms. The number of aromatic amines is 1. The number of benzene rings is 2. The first-order chi connectivity index (χ1) is 14.2. The normalized spacial score (nSPS) is 16.5. The highest BCUT2D eigenvalue weighted by molar-refractivity contribution is 5.96. The first kappa shape index (κ1) is 17.3. The Morgan fingerprint density at radius 3 is 2.79 bits per heavy atom. The zero-order chi connectivity index (χ0) is 19.8. The number of anilines is 1. The lowest BCUT2D eigenvalue weighted by Gasteiger charge is -2.15. The molecule has 0 aliphatic carbocycles. The van der Waals surface area contributed by atoms with Crippen molar-refractivity contribution in [2.75, 3.05) is 11.4 Å². The lowest BCUT2D eigenvalue weighted by Crippen LogP contribution is -2.24. The number of hydrogen-bond donors (Lipinski definition) is 1. The molecule has 1 aliphatic heterocycles. The number of carbonyl (C=O) groups excluding carboxylic acids is 1. The van der Waals surface area contributed by atoms with Crippen LogP contribution in [0.3, 0.4) is 0 Å². The predicted molar refractivity (Wildman–Crippen MR) is 103 cm³/mol. The van der Waals surface area contributed by atoms with Crippen LogP contribution in [0.1, 0.15) is 18.2 Å². The smallest absolute Gasteiger partial charge is 0.275 e. The van der Waals surface area contributed by atoms with E-state index in [0.29, 0.717) is 29.6 Å². The molecule has 2 aromatic carbocycles. The summed E-state index contributed by atoms with van der Waals surface area (Å²) in [6.07, 6.45) is 0.244. The Bertz CT molecular complexity index is 1170. The summed E-state index contributed by atoms with van der Waals surface area (Å²) in [7, 11) is 0. The number of aromatic nitrogens is 4. The van der Waals surface area contributed by atoms with E-state index in [4.69, 9.17) is 4.52 Å². The van der Waals surface area contributed by atoms with Crippen LogP contribution < -0.4 is 4.90 Å². The fourth-order valence-electron chi connectivity index (χ4n) is 3.47. The Labute approximate surface area is 165 Å². The number of carbonyl (C=O) groups is 1. The second-order valence-electron chi connectivity index (χ2n) is 6.88. The molecule has 8 heteroatoms. The Kier molecular flexibility index (Phi) is 4.16. The molecule has 0 saturated carbocycles. The minimum atomic E-state index is -0.380.